The van der Waals surface area contributed by atoms with Crippen LogP contribution in [0.5, 0.6) is 0 Å². The van der Waals surface area contributed by atoms with E-state index in [0.717, 1.165) is 36.2 Å². The van der Waals surface area contributed by atoms with E-state index in [-0.39, 0.29) is 6.04 Å². The summed E-state index contributed by atoms with van der Waals surface area (Å²) in [5, 5.41) is 0. The molecule has 3 nitrogen and oxygen atoms in total. The summed E-state index contributed by atoms with van der Waals surface area (Å²) in [6.45, 7) is 1.66. The first-order valence-electron chi connectivity index (χ1n) is 5.22. The summed E-state index contributed by atoms with van der Waals surface area (Å²) in [7, 11) is 0. The van der Waals surface area contributed by atoms with Crippen LogP contribution in [0.25, 0.3) is 0 Å². The monoisotopic (exact) mass is 270 g/mol. The van der Waals surface area contributed by atoms with Crippen LogP contribution < -0.4 is 5.73 Å². The number of aromatic nitrogens is 1. The van der Waals surface area contributed by atoms with Crippen LogP contribution in [-0.2, 0) is 4.74 Å². The van der Waals surface area contributed by atoms with Crippen LogP contribution in [0.3, 0.4) is 0 Å². The van der Waals surface area contributed by atoms with Crippen LogP contribution in [0.2, 0.25) is 0 Å². The standard InChI is InChI=1S/C11H15BrN2O/c12-9-1-2-10(14-7-9)11(13)8-3-5-15-6-4-8/h1-2,7-8,11H,3-6,13H2/t11-/m1/s1. The minimum absolute atomic E-state index is 0.0435. The number of hydrogen-bond acceptors (Lipinski definition) is 3. The Morgan fingerprint density at radius 2 is 2.13 bits per heavy atom. The van der Waals surface area contributed by atoms with E-state index in [9.17, 15) is 0 Å². The number of ether oxygens (including phenoxy) is 1. The van der Waals surface area contributed by atoms with Gasteiger partial charge in [-0.2, -0.15) is 0 Å². The molecule has 0 aromatic carbocycles. The van der Waals surface area contributed by atoms with Gasteiger partial charge in [0.2, 0.25) is 0 Å². The fourth-order valence-electron chi connectivity index (χ4n) is 1.90. The smallest absolute Gasteiger partial charge is 0.0574 e. The lowest BCUT2D eigenvalue weighted by Gasteiger charge is -2.27. The van der Waals surface area contributed by atoms with Crippen molar-refractivity contribution in [2.45, 2.75) is 18.9 Å². The summed E-state index contributed by atoms with van der Waals surface area (Å²) in [4.78, 5) is 4.34. The molecule has 2 N–H and O–H groups in total. The minimum atomic E-state index is 0.0435. The van der Waals surface area contributed by atoms with E-state index in [2.05, 4.69) is 20.9 Å². The summed E-state index contributed by atoms with van der Waals surface area (Å²) in [5.41, 5.74) is 7.16. The normalized spacial score (nSPS) is 20.1. The van der Waals surface area contributed by atoms with E-state index in [4.69, 9.17) is 10.5 Å². The van der Waals surface area contributed by atoms with Crippen LogP contribution in [-0.4, -0.2) is 18.2 Å². The second-order valence-electron chi connectivity index (χ2n) is 3.88. The number of nitrogens with zero attached hydrogens (tertiary/aromatic N) is 1. The molecule has 15 heavy (non-hydrogen) atoms. The van der Waals surface area contributed by atoms with Gasteiger partial charge >= 0.3 is 0 Å². The third kappa shape index (κ3) is 2.77. The van der Waals surface area contributed by atoms with Gasteiger partial charge in [0.05, 0.1) is 5.69 Å². The van der Waals surface area contributed by atoms with Gasteiger partial charge in [0.1, 0.15) is 0 Å². The summed E-state index contributed by atoms with van der Waals surface area (Å²) in [5.74, 6) is 0.507. The molecule has 2 heterocycles. The molecule has 0 unspecified atom stereocenters. The Bertz CT molecular complexity index is 309. The Morgan fingerprint density at radius 1 is 1.40 bits per heavy atom. The predicted octanol–water partition coefficient (Wildman–Crippen LogP) is 2.27. The first-order chi connectivity index (χ1) is 7.27. The van der Waals surface area contributed by atoms with Crippen LogP contribution >= 0.6 is 15.9 Å². The van der Waals surface area contributed by atoms with Crippen molar-refractivity contribution < 1.29 is 4.74 Å². The van der Waals surface area contributed by atoms with Crippen LogP contribution in [0.4, 0.5) is 0 Å². The molecule has 4 heteroatoms. The maximum Gasteiger partial charge on any atom is 0.0574 e. The van der Waals surface area contributed by atoms with E-state index < -0.39 is 0 Å². The van der Waals surface area contributed by atoms with Crippen molar-refractivity contribution in [3.63, 3.8) is 0 Å². The molecule has 0 aliphatic carbocycles. The zero-order valence-electron chi connectivity index (χ0n) is 8.53. The molecule has 2 rings (SSSR count). The zero-order chi connectivity index (χ0) is 10.7. The van der Waals surface area contributed by atoms with Crippen LogP contribution in [0.15, 0.2) is 22.8 Å². The maximum atomic E-state index is 6.19. The number of pyridine rings is 1. The van der Waals surface area contributed by atoms with E-state index in [1.807, 2.05) is 12.1 Å². The third-order valence-electron chi connectivity index (χ3n) is 2.87. The van der Waals surface area contributed by atoms with Gasteiger partial charge in [0.15, 0.2) is 0 Å². The number of halogens is 1. The lowest BCUT2D eigenvalue weighted by Crippen LogP contribution is -2.28. The first kappa shape index (κ1) is 11.0. The summed E-state index contributed by atoms with van der Waals surface area (Å²) in [6, 6.07) is 4.02. The highest BCUT2D eigenvalue weighted by atomic mass is 79.9. The van der Waals surface area contributed by atoms with Crippen molar-refractivity contribution in [3.8, 4) is 0 Å². The molecule has 0 spiro atoms. The van der Waals surface area contributed by atoms with Gasteiger partial charge in [-0.3, -0.25) is 4.98 Å². The van der Waals surface area contributed by atoms with Crippen molar-refractivity contribution in [2.75, 3.05) is 13.2 Å². The molecule has 82 valence electrons. The van der Waals surface area contributed by atoms with E-state index >= 15 is 0 Å². The molecule has 1 atom stereocenters. The van der Waals surface area contributed by atoms with Crippen molar-refractivity contribution in [3.05, 3.63) is 28.5 Å². The van der Waals surface area contributed by atoms with Crippen LogP contribution in [0.1, 0.15) is 24.6 Å². The van der Waals surface area contributed by atoms with E-state index in [0.29, 0.717) is 5.92 Å². The Labute approximate surface area is 98.2 Å². The van der Waals surface area contributed by atoms with Crippen LogP contribution in [0, 0.1) is 5.92 Å². The number of nitrogens with two attached hydrogens (primary N) is 1. The zero-order valence-corrected chi connectivity index (χ0v) is 10.1. The van der Waals surface area contributed by atoms with E-state index in [1.165, 1.54) is 0 Å². The Hall–Kier alpha value is -0.450. The molecule has 0 saturated carbocycles. The molecule has 1 aromatic heterocycles. The van der Waals surface area contributed by atoms with Gasteiger partial charge in [-0.1, -0.05) is 0 Å². The van der Waals surface area contributed by atoms with Crippen molar-refractivity contribution in [1.82, 2.24) is 4.98 Å². The predicted molar refractivity (Wildman–Crippen MR) is 62.4 cm³/mol. The topological polar surface area (TPSA) is 48.1 Å². The maximum absolute atomic E-state index is 6.19. The molecule has 1 aromatic rings. The average Bonchev–Trinajstić information content (AvgIpc) is 2.30. The van der Waals surface area contributed by atoms with Crippen molar-refractivity contribution in [2.24, 2.45) is 11.7 Å². The molecule has 1 fully saturated rings. The molecule has 0 radical (unpaired) electrons. The molecule has 0 bridgehead atoms. The lowest BCUT2D eigenvalue weighted by molar-refractivity contribution is 0.0579. The van der Waals surface area contributed by atoms with Gasteiger partial charge in [-0.05, 0) is 46.8 Å². The molecule has 1 saturated heterocycles. The highest BCUT2D eigenvalue weighted by Crippen LogP contribution is 2.27. The quantitative estimate of drug-likeness (QED) is 0.897. The Morgan fingerprint density at radius 3 is 2.73 bits per heavy atom. The average molecular weight is 271 g/mol. The summed E-state index contributed by atoms with van der Waals surface area (Å²) >= 11 is 3.37. The second kappa shape index (κ2) is 5.05. The van der Waals surface area contributed by atoms with E-state index in [1.54, 1.807) is 6.20 Å². The van der Waals surface area contributed by atoms with Gasteiger partial charge in [0, 0.05) is 29.9 Å². The fourth-order valence-corrected chi connectivity index (χ4v) is 2.14. The number of hydrogen-bond donors (Lipinski definition) is 1. The fraction of sp³-hybridized carbons (Fsp3) is 0.545. The summed E-state index contributed by atoms with van der Waals surface area (Å²) < 4.78 is 6.31. The van der Waals surface area contributed by atoms with Crippen molar-refractivity contribution >= 4 is 15.9 Å². The highest BCUT2D eigenvalue weighted by Gasteiger charge is 2.22. The SMILES string of the molecule is N[C@@H](c1ccc(Br)cn1)C1CCOCC1. The highest BCUT2D eigenvalue weighted by molar-refractivity contribution is 9.10. The third-order valence-corrected chi connectivity index (χ3v) is 3.33. The largest absolute Gasteiger partial charge is 0.381 e. The minimum Gasteiger partial charge on any atom is -0.381 e. The van der Waals surface area contributed by atoms with Gasteiger partial charge in [-0.15, -0.1) is 0 Å². The molecular formula is C11H15BrN2O. The summed E-state index contributed by atoms with van der Waals surface area (Å²) in [6.07, 6.45) is 3.88. The lowest BCUT2D eigenvalue weighted by atomic mass is 9.90. The van der Waals surface area contributed by atoms with Gasteiger partial charge in [-0.25, -0.2) is 0 Å². The Balaban J connectivity index is 2.05. The first-order valence-corrected chi connectivity index (χ1v) is 6.01. The Kier molecular flexibility index (Phi) is 3.72. The molecular weight excluding hydrogens is 256 g/mol. The molecule has 1 aliphatic heterocycles. The molecule has 0 amide bonds. The van der Waals surface area contributed by atoms with Gasteiger partial charge < -0.3 is 10.5 Å². The number of rotatable bonds is 2. The van der Waals surface area contributed by atoms with Gasteiger partial charge in [0.25, 0.3) is 0 Å². The second-order valence-corrected chi connectivity index (χ2v) is 4.79. The van der Waals surface area contributed by atoms with Crippen molar-refractivity contribution in [1.29, 1.82) is 0 Å². The molecule has 1 aliphatic rings.